The van der Waals surface area contributed by atoms with Crippen LogP contribution in [0.25, 0.3) is 0 Å². The van der Waals surface area contributed by atoms with Gasteiger partial charge in [0.15, 0.2) is 5.75 Å². The summed E-state index contributed by atoms with van der Waals surface area (Å²) in [7, 11) is 0. The quantitative estimate of drug-likeness (QED) is 0.350. The Morgan fingerprint density at radius 1 is 0.967 bits per heavy atom. The number of aryl methyl sites for hydroxylation is 2. The number of piperazine rings is 1. The largest absolute Gasteiger partial charge is 0.487 e. The molecule has 1 aliphatic heterocycles. The number of hydrogen-bond donors (Lipinski definition) is 0. The highest BCUT2D eigenvalue weighted by molar-refractivity contribution is 5.85. The van der Waals surface area contributed by atoms with Crippen LogP contribution in [-0.4, -0.2) is 49.2 Å². The maximum atomic E-state index is 11.4. The number of hydrogen-bond acceptors (Lipinski definition) is 5. The Hall–Kier alpha value is -2.02. The number of nitro groups is 1. The third-order valence-corrected chi connectivity index (χ3v) is 5.74. The topological polar surface area (TPSA) is 58.9 Å². The highest BCUT2D eigenvalue weighted by Crippen LogP contribution is 2.34. The monoisotopic (exact) mass is 453 g/mol. The van der Waals surface area contributed by atoms with Crippen LogP contribution in [0.1, 0.15) is 24.0 Å². The fraction of sp³-hybridized carbons (Fsp3) is 0.455. The molecule has 4 rings (SSSR count). The van der Waals surface area contributed by atoms with Gasteiger partial charge >= 0.3 is 5.69 Å². The number of para-hydroxylation sites is 1. The van der Waals surface area contributed by atoms with Gasteiger partial charge < -0.3 is 9.64 Å². The van der Waals surface area contributed by atoms with Crippen LogP contribution in [0.3, 0.4) is 0 Å². The van der Waals surface area contributed by atoms with Crippen molar-refractivity contribution in [3.05, 3.63) is 63.7 Å². The molecule has 2 aromatic carbocycles. The van der Waals surface area contributed by atoms with E-state index >= 15 is 0 Å². The van der Waals surface area contributed by atoms with Crippen molar-refractivity contribution in [2.75, 3.05) is 44.2 Å². The molecule has 0 saturated carbocycles. The molecule has 1 heterocycles. The van der Waals surface area contributed by atoms with Crippen molar-refractivity contribution < 1.29 is 9.66 Å². The van der Waals surface area contributed by atoms with Crippen LogP contribution in [0.5, 0.6) is 5.75 Å². The molecule has 2 aromatic rings. The van der Waals surface area contributed by atoms with E-state index in [2.05, 4.69) is 34.1 Å². The van der Waals surface area contributed by atoms with Gasteiger partial charge in [0.2, 0.25) is 0 Å². The summed E-state index contributed by atoms with van der Waals surface area (Å²) in [6.45, 7) is 5.60. The van der Waals surface area contributed by atoms with E-state index in [4.69, 9.17) is 4.74 Å². The molecule has 30 heavy (non-hydrogen) atoms. The zero-order valence-corrected chi connectivity index (χ0v) is 18.6. The first-order chi connectivity index (χ1) is 13.7. The van der Waals surface area contributed by atoms with E-state index in [9.17, 15) is 10.1 Å². The predicted molar refractivity (Wildman–Crippen MR) is 125 cm³/mol. The summed E-state index contributed by atoms with van der Waals surface area (Å²) in [5, 5.41) is 11.4. The van der Waals surface area contributed by atoms with Crippen molar-refractivity contribution in [1.82, 2.24) is 4.90 Å². The first-order valence-electron chi connectivity index (χ1n) is 10.2. The predicted octanol–water partition coefficient (Wildman–Crippen LogP) is 4.52. The molecule has 164 valence electrons. The number of rotatable bonds is 7. The Morgan fingerprint density at radius 2 is 1.63 bits per heavy atom. The lowest BCUT2D eigenvalue weighted by Crippen LogP contribution is -2.46. The Kier molecular flexibility index (Phi) is 9.21. The van der Waals surface area contributed by atoms with Gasteiger partial charge in [-0.1, -0.05) is 18.2 Å². The minimum absolute atomic E-state index is 0. The summed E-state index contributed by atoms with van der Waals surface area (Å²) in [6.07, 6.45) is 3.88. The van der Waals surface area contributed by atoms with Gasteiger partial charge in [0.1, 0.15) is 0 Å². The van der Waals surface area contributed by atoms with Crippen LogP contribution in [0.15, 0.2) is 42.5 Å². The fourth-order valence-electron chi connectivity index (χ4n) is 4.19. The summed E-state index contributed by atoms with van der Waals surface area (Å²) in [6, 6.07) is 14.1. The minimum Gasteiger partial charge on any atom is -0.487 e. The molecule has 0 bridgehead atoms. The fourth-order valence-corrected chi connectivity index (χ4v) is 4.19. The average molecular weight is 454 g/mol. The number of benzene rings is 2. The highest BCUT2D eigenvalue weighted by atomic mass is 35.5. The third-order valence-electron chi connectivity index (χ3n) is 5.74. The molecule has 0 aromatic heterocycles. The van der Waals surface area contributed by atoms with Crippen LogP contribution in [-0.2, 0) is 12.8 Å². The number of halogens is 2. The first kappa shape index (κ1) is 24.3. The summed E-state index contributed by atoms with van der Waals surface area (Å²) in [5.41, 5.74) is 3.71. The van der Waals surface area contributed by atoms with Crippen LogP contribution in [0.4, 0.5) is 11.4 Å². The second kappa shape index (κ2) is 11.4. The summed E-state index contributed by atoms with van der Waals surface area (Å²) >= 11 is 0. The van der Waals surface area contributed by atoms with E-state index in [1.54, 1.807) is 6.07 Å². The molecule has 0 unspecified atom stereocenters. The van der Waals surface area contributed by atoms with Crippen molar-refractivity contribution in [3.63, 3.8) is 0 Å². The normalized spacial score (nSPS) is 15.7. The molecule has 0 radical (unpaired) electrons. The number of ether oxygens (including phenoxy) is 1. The molecule has 2 aliphatic rings. The summed E-state index contributed by atoms with van der Waals surface area (Å²) < 4.78 is 5.83. The van der Waals surface area contributed by atoms with Gasteiger partial charge in [0.25, 0.3) is 0 Å². The molecule has 0 amide bonds. The van der Waals surface area contributed by atoms with Gasteiger partial charge in [-0.2, -0.15) is 0 Å². The van der Waals surface area contributed by atoms with E-state index in [0.717, 1.165) is 64.0 Å². The van der Waals surface area contributed by atoms with E-state index in [0.29, 0.717) is 12.4 Å². The maximum Gasteiger partial charge on any atom is 0.311 e. The zero-order valence-electron chi connectivity index (χ0n) is 17.0. The van der Waals surface area contributed by atoms with Gasteiger partial charge in [0, 0.05) is 44.5 Å². The minimum atomic E-state index is -0.323. The first-order valence-corrected chi connectivity index (χ1v) is 10.2. The number of anilines is 1. The van der Waals surface area contributed by atoms with Crippen molar-refractivity contribution in [1.29, 1.82) is 0 Å². The smallest absolute Gasteiger partial charge is 0.311 e. The van der Waals surface area contributed by atoms with Crippen molar-refractivity contribution >= 4 is 36.2 Å². The number of nitrogens with zero attached hydrogens (tertiary/aromatic N) is 3. The van der Waals surface area contributed by atoms with Crippen LogP contribution < -0.4 is 9.64 Å². The van der Waals surface area contributed by atoms with Crippen LogP contribution in [0, 0.1) is 10.1 Å². The second-order valence-electron chi connectivity index (χ2n) is 7.57. The molecular formula is C22H29Cl2N3O3. The van der Waals surface area contributed by atoms with E-state index in [1.807, 2.05) is 12.1 Å². The molecule has 6 nitrogen and oxygen atoms in total. The van der Waals surface area contributed by atoms with Crippen molar-refractivity contribution in [2.45, 2.75) is 25.7 Å². The highest BCUT2D eigenvalue weighted by Gasteiger charge is 2.22. The van der Waals surface area contributed by atoms with E-state index < -0.39 is 0 Å². The Morgan fingerprint density at radius 3 is 2.30 bits per heavy atom. The van der Waals surface area contributed by atoms with Gasteiger partial charge in [-0.3, -0.25) is 15.0 Å². The average Bonchev–Trinajstić information content (AvgIpc) is 3.19. The summed E-state index contributed by atoms with van der Waals surface area (Å²) in [4.78, 5) is 15.9. The van der Waals surface area contributed by atoms with Gasteiger partial charge in [-0.05, 0) is 55.0 Å². The Bertz CT molecular complexity index is 828. The number of fused-ring (bicyclic) bond motifs is 1. The molecule has 0 N–H and O–H groups in total. The van der Waals surface area contributed by atoms with Gasteiger partial charge in [0.05, 0.1) is 11.5 Å². The lowest BCUT2D eigenvalue weighted by atomic mass is 10.1. The lowest BCUT2D eigenvalue weighted by Gasteiger charge is -2.36. The van der Waals surface area contributed by atoms with Crippen LogP contribution >= 0.6 is 24.8 Å². The molecule has 1 aliphatic carbocycles. The summed E-state index contributed by atoms with van der Waals surface area (Å²) in [5.74, 6) is 0.430. The van der Waals surface area contributed by atoms with Crippen LogP contribution in [0.2, 0.25) is 0 Å². The van der Waals surface area contributed by atoms with E-state index in [1.165, 1.54) is 11.3 Å². The molecule has 1 fully saturated rings. The molecule has 0 atom stereocenters. The van der Waals surface area contributed by atoms with Crippen molar-refractivity contribution in [2.24, 2.45) is 0 Å². The Labute approximate surface area is 190 Å². The number of nitro benzene ring substituents is 1. The van der Waals surface area contributed by atoms with Gasteiger partial charge in [-0.15, -0.1) is 24.8 Å². The van der Waals surface area contributed by atoms with E-state index in [-0.39, 0.29) is 35.4 Å². The standard InChI is InChI=1S/C22H27N3O3.2ClH/c26-25(27)21-16-18-6-4-7-19(18)17-22(21)28-15-5-10-23-11-13-24(14-12-23)20-8-2-1-3-9-20;;/h1-3,8-9,16-17H,4-7,10-15H2;2*1H. The Balaban J connectivity index is 0.00000160. The SMILES string of the molecule is Cl.Cl.O=[N+]([O-])c1cc2c(cc1OCCCN1CCN(c3ccccc3)CC1)CCC2. The maximum absolute atomic E-state index is 11.4. The van der Waals surface area contributed by atoms with Gasteiger partial charge in [-0.25, -0.2) is 0 Å². The molecule has 8 heteroatoms. The third kappa shape index (κ3) is 5.78. The molecule has 0 spiro atoms. The van der Waals surface area contributed by atoms with Crippen molar-refractivity contribution in [3.8, 4) is 5.75 Å². The lowest BCUT2D eigenvalue weighted by molar-refractivity contribution is -0.385. The second-order valence-corrected chi connectivity index (χ2v) is 7.57. The molecule has 1 saturated heterocycles. The zero-order chi connectivity index (χ0) is 19.3. The molecular weight excluding hydrogens is 425 g/mol.